The number of fused-ring (bicyclic) bond motifs is 6. The van der Waals surface area contributed by atoms with Crippen LogP contribution in [-0.4, -0.2) is 27.6 Å². The van der Waals surface area contributed by atoms with Crippen LogP contribution in [0, 0.1) is 0 Å². The number of aromatic nitrogens is 4. The molecule has 0 unspecified atom stereocenters. The van der Waals surface area contributed by atoms with Gasteiger partial charge >= 0.3 is 0 Å². The second-order valence-electron chi connectivity index (χ2n) is 15.8. The zero-order valence-electron chi connectivity index (χ0n) is 58.7. The van der Waals surface area contributed by atoms with Gasteiger partial charge in [-0.05, 0) is 68.1 Å². The van der Waals surface area contributed by atoms with Crippen LogP contribution in [0.3, 0.4) is 0 Å². The maximum Gasteiger partial charge on any atom is 0.179 e. The number of rotatable bonds is 9. The van der Waals surface area contributed by atoms with Gasteiger partial charge in [-0.3, -0.25) is 0 Å². The van der Waals surface area contributed by atoms with E-state index in [-0.39, 0.29) is 11.4 Å². The van der Waals surface area contributed by atoms with Crippen molar-refractivity contribution in [2.24, 2.45) is 0 Å². The van der Waals surface area contributed by atoms with Crippen molar-refractivity contribution in [3.05, 3.63) is 254 Å². The molecular formula is C63H42N4OSi. The molecule has 0 fully saturated rings. The highest BCUT2D eigenvalue weighted by molar-refractivity contribution is 7.19. The summed E-state index contributed by atoms with van der Waals surface area (Å²) >= 11 is 0. The third kappa shape index (κ3) is 6.64. The lowest BCUT2D eigenvalue weighted by molar-refractivity contribution is 0.669. The fourth-order valence-electron chi connectivity index (χ4n) is 9.18. The van der Waals surface area contributed by atoms with E-state index < -0.39 is 230 Å². The van der Waals surface area contributed by atoms with Gasteiger partial charge in [0.2, 0.25) is 0 Å². The lowest BCUT2D eigenvalue weighted by Gasteiger charge is -2.34. The SMILES string of the molecule is [2H]c1c([2H])c([2H])c(-c2c([2H])c([2H])c([2H])c3oc4c([2H])c([2H])c([2H])c([2H])c4c23)c(-c2nc(-c3cccc([Si](c4ccccc4)(c4ccccc4)c4ccccc4)c3)nc(-c3c([2H])c([2H])c([2H])c([2H])c3-n3c4c([2H])c([2H])c([2H])c([2H])c4c4c([2H])c([2H])c([2H])c([2H])c43)n2)c1[2H]. The number of para-hydroxylation sites is 4. The van der Waals surface area contributed by atoms with Crippen LogP contribution < -0.4 is 20.7 Å². The van der Waals surface area contributed by atoms with Crippen molar-refractivity contribution in [2.45, 2.75) is 0 Å². The first-order valence-electron chi connectivity index (χ1n) is 33.0. The van der Waals surface area contributed by atoms with E-state index in [9.17, 15) is 16.4 Å². The van der Waals surface area contributed by atoms with Crippen molar-refractivity contribution >= 4 is 72.6 Å². The smallest absolute Gasteiger partial charge is 0.179 e. The maximum atomic E-state index is 9.87. The topological polar surface area (TPSA) is 56.7 Å². The molecule has 69 heavy (non-hydrogen) atoms. The Morgan fingerprint density at radius 2 is 0.855 bits per heavy atom. The zero-order chi connectivity index (χ0) is 65.7. The molecule has 13 aromatic rings. The predicted molar refractivity (Wildman–Crippen MR) is 287 cm³/mol. The van der Waals surface area contributed by atoms with E-state index in [2.05, 4.69) is 0 Å². The Labute approximate surface area is 432 Å². The van der Waals surface area contributed by atoms with Crippen LogP contribution in [0.5, 0.6) is 0 Å². The molecule has 0 amide bonds. The Morgan fingerprint density at radius 3 is 1.51 bits per heavy atom. The zero-order valence-corrected chi connectivity index (χ0v) is 36.7. The van der Waals surface area contributed by atoms with Gasteiger partial charge in [-0.2, -0.15) is 0 Å². The predicted octanol–water partition coefficient (Wildman–Crippen LogP) is 12.9. The molecular weight excluding hydrogens is 857 g/mol. The van der Waals surface area contributed by atoms with E-state index in [0.29, 0.717) is 0 Å². The fourth-order valence-corrected chi connectivity index (χ4v) is 14.0. The standard InChI is InChI=1S/C63H42N4OSi/c1-4-23-44(24-5-1)69(45-25-6-2-7-26-45,46-27-8-3-9-28-46)47-29-20-22-43(42-47)61-64-62(52-33-11-10-30-48(52)51-36-21-41-59-60(51)54-35-15-19-40-58(54)68-59)66-63(65-61)53-34-14-18-39-57(53)67-55-37-16-12-31-49(55)50-32-13-17-38-56(50)67/h1-42H/i10D,11D,12D,13D,14D,15D,16D,17D,18D,19D,21D,30D,31D,32D,33D,34D,35D,36D,37D,38D,39D,40D,41D. The van der Waals surface area contributed by atoms with Gasteiger partial charge in [-0.25, -0.2) is 15.0 Å². The molecule has 3 aromatic heterocycles. The summed E-state index contributed by atoms with van der Waals surface area (Å²) in [6.45, 7) is 0. The number of furan rings is 1. The van der Waals surface area contributed by atoms with Crippen LogP contribution >= 0.6 is 0 Å². The third-order valence-corrected chi connectivity index (χ3v) is 16.8. The molecule has 0 saturated carbocycles. The highest BCUT2D eigenvalue weighted by atomic mass is 28.3. The van der Waals surface area contributed by atoms with Crippen LogP contribution in [-0.2, 0) is 0 Å². The number of hydrogen-bond donors (Lipinski definition) is 0. The van der Waals surface area contributed by atoms with E-state index in [1.54, 1.807) is 18.2 Å². The number of nitrogens with zero attached hydrogens (tertiary/aromatic N) is 4. The van der Waals surface area contributed by atoms with Crippen LogP contribution in [0.15, 0.2) is 259 Å². The molecule has 10 aromatic carbocycles. The molecule has 5 nitrogen and oxygen atoms in total. The highest BCUT2D eigenvalue weighted by Crippen LogP contribution is 2.41. The second kappa shape index (κ2) is 16.7. The lowest BCUT2D eigenvalue weighted by Crippen LogP contribution is -2.74. The van der Waals surface area contributed by atoms with Gasteiger partial charge in [-0.1, -0.05) is 218 Å². The number of benzene rings is 10. The van der Waals surface area contributed by atoms with E-state index in [1.807, 2.05) is 97.1 Å². The minimum absolute atomic E-state index is 0.171. The monoisotopic (exact) mass is 921 g/mol. The molecule has 0 radical (unpaired) electrons. The summed E-state index contributed by atoms with van der Waals surface area (Å²) in [6.07, 6.45) is 0. The molecule has 0 aliphatic carbocycles. The average molecular weight is 922 g/mol. The molecule has 6 heteroatoms. The van der Waals surface area contributed by atoms with Gasteiger partial charge in [0.15, 0.2) is 25.5 Å². The molecule has 324 valence electrons. The van der Waals surface area contributed by atoms with E-state index in [0.717, 1.165) is 25.3 Å². The Kier molecular flexibility index (Phi) is 5.61. The molecule has 0 saturated heterocycles. The third-order valence-electron chi connectivity index (χ3n) is 12.1. The van der Waals surface area contributed by atoms with Gasteiger partial charge in [0, 0.05) is 38.2 Å². The van der Waals surface area contributed by atoms with Crippen molar-refractivity contribution in [1.82, 2.24) is 19.5 Å². The molecule has 0 aliphatic rings. The normalized spacial score (nSPS) is 16.4. The van der Waals surface area contributed by atoms with Gasteiger partial charge in [0.25, 0.3) is 0 Å². The van der Waals surface area contributed by atoms with Crippen LogP contribution in [0.25, 0.3) is 94.7 Å². The first-order chi connectivity index (χ1) is 43.8. The quantitative estimate of drug-likeness (QED) is 0.107. The van der Waals surface area contributed by atoms with E-state index in [1.165, 1.54) is 0 Å². The van der Waals surface area contributed by atoms with Crippen LogP contribution in [0.4, 0.5) is 0 Å². The van der Waals surface area contributed by atoms with Gasteiger partial charge in [-0.15, -0.1) is 0 Å². The Bertz CT molecular complexity index is 5230. The Hall–Kier alpha value is -8.97. The van der Waals surface area contributed by atoms with Crippen LogP contribution in [0.1, 0.15) is 31.5 Å². The van der Waals surface area contributed by atoms with Crippen molar-refractivity contribution in [3.8, 4) is 51.0 Å². The fraction of sp³-hybridized carbons (Fsp3) is 0. The lowest BCUT2D eigenvalue weighted by atomic mass is 9.95. The first-order valence-corrected chi connectivity index (χ1v) is 23.5. The molecule has 0 N–H and O–H groups in total. The van der Waals surface area contributed by atoms with E-state index in [4.69, 9.17) is 34.4 Å². The van der Waals surface area contributed by atoms with Gasteiger partial charge in [0.05, 0.1) is 48.2 Å². The second-order valence-corrected chi connectivity index (χ2v) is 19.6. The van der Waals surface area contributed by atoms with Crippen molar-refractivity contribution in [2.75, 3.05) is 0 Å². The minimum Gasteiger partial charge on any atom is -0.456 e. The largest absolute Gasteiger partial charge is 0.456 e. The summed E-state index contributed by atoms with van der Waals surface area (Å²) in [5, 5.41) is 1.82. The summed E-state index contributed by atoms with van der Waals surface area (Å²) in [5.74, 6) is -1.76. The summed E-state index contributed by atoms with van der Waals surface area (Å²) in [7, 11) is -3.46. The molecule has 3 heterocycles. The van der Waals surface area contributed by atoms with Crippen molar-refractivity contribution in [3.63, 3.8) is 0 Å². The van der Waals surface area contributed by atoms with Crippen molar-refractivity contribution in [1.29, 1.82) is 0 Å². The van der Waals surface area contributed by atoms with Gasteiger partial charge < -0.3 is 8.98 Å². The van der Waals surface area contributed by atoms with Crippen LogP contribution in [0.2, 0.25) is 0 Å². The number of hydrogen-bond acceptors (Lipinski definition) is 4. The first kappa shape index (κ1) is 23.2. The molecule has 0 aliphatic heterocycles. The summed E-state index contributed by atoms with van der Waals surface area (Å²) in [6, 6.07) is 17.1. The molecule has 13 rings (SSSR count). The molecule has 0 atom stereocenters. The van der Waals surface area contributed by atoms with E-state index >= 15 is 0 Å². The minimum atomic E-state index is -3.46. The van der Waals surface area contributed by atoms with Crippen molar-refractivity contribution < 1.29 is 35.9 Å². The molecule has 0 bridgehead atoms. The summed E-state index contributed by atoms with van der Waals surface area (Å²) < 4.78 is 218. The average Bonchev–Trinajstić information content (AvgIpc) is 1.63. The Morgan fingerprint density at radius 1 is 0.377 bits per heavy atom. The molecule has 0 spiro atoms. The highest BCUT2D eigenvalue weighted by Gasteiger charge is 2.41. The summed E-state index contributed by atoms with van der Waals surface area (Å²) in [4.78, 5) is 14.8. The Balaban J connectivity index is 1.24. The summed E-state index contributed by atoms with van der Waals surface area (Å²) in [5.41, 5.74) is -5.28. The van der Waals surface area contributed by atoms with Gasteiger partial charge in [0.1, 0.15) is 11.2 Å². The maximum absolute atomic E-state index is 9.87.